The fourth-order valence-corrected chi connectivity index (χ4v) is 3.16. The lowest BCUT2D eigenvalue weighted by Crippen LogP contribution is -1.89. The predicted molar refractivity (Wildman–Crippen MR) is 82.2 cm³/mol. The SMILES string of the molecule is O=C(O)c1cc(-c2ccccc2)c(-c2ccccc2)s1. The molecule has 0 aliphatic carbocycles. The van der Waals surface area contributed by atoms with Crippen LogP contribution in [0.25, 0.3) is 21.6 Å². The van der Waals surface area contributed by atoms with E-state index in [1.54, 1.807) is 6.07 Å². The molecule has 0 saturated heterocycles. The van der Waals surface area contributed by atoms with Gasteiger partial charge in [-0.3, -0.25) is 0 Å². The molecular weight excluding hydrogens is 268 g/mol. The lowest BCUT2D eigenvalue weighted by Gasteiger charge is -2.03. The highest BCUT2D eigenvalue weighted by atomic mass is 32.1. The van der Waals surface area contributed by atoms with Crippen LogP contribution >= 0.6 is 11.3 Å². The number of rotatable bonds is 3. The first kappa shape index (κ1) is 12.6. The summed E-state index contributed by atoms with van der Waals surface area (Å²) in [5.41, 5.74) is 3.05. The molecule has 3 aromatic rings. The van der Waals surface area contributed by atoms with Crippen molar-refractivity contribution in [1.29, 1.82) is 0 Å². The van der Waals surface area contributed by atoms with Gasteiger partial charge >= 0.3 is 5.97 Å². The first-order valence-corrected chi connectivity index (χ1v) is 7.05. The van der Waals surface area contributed by atoms with Crippen molar-refractivity contribution in [2.75, 3.05) is 0 Å². The summed E-state index contributed by atoms with van der Waals surface area (Å²) in [5.74, 6) is -0.880. The van der Waals surface area contributed by atoms with E-state index in [0.717, 1.165) is 21.6 Å². The fourth-order valence-electron chi connectivity index (χ4n) is 2.13. The number of benzene rings is 2. The van der Waals surface area contributed by atoms with Gasteiger partial charge in [-0.05, 0) is 17.2 Å². The lowest BCUT2D eigenvalue weighted by atomic mass is 10.0. The van der Waals surface area contributed by atoms with Crippen molar-refractivity contribution in [3.63, 3.8) is 0 Å². The molecule has 98 valence electrons. The van der Waals surface area contributed by atoms with Crippen molar-refractivity contribution in [3.8, 4) is 21.6 Å². The van der Waals surface area contributed by atoms with Gasteiger partial charge in [-0.1, -0.05) is 60.7 Å². The summed E-state index contributed by atoms with van der Waals surface area (Å²) < 4.78 is 0. The summed E-state index contributed by atoms with van der Waals surface area (Å²) >= 11 is 1.32. The zero-order valence-electron chi connectivity index (χ0n) is 10.6. The van der Waals surface area contributed by atoms with Gasteiger partial charge in [0.25, 0.3) is 0 Å². The van der Waals surface area contributed by atoms with Crippen LogP contribution in [0, 0.1) is 0 Å². The highest BCUT2D eigenvalue weighted by Crippen LogP contribution is 2.39. The molecule has 0 aliphatic rings. The molecular formula is C17H12O2S. The predicted octanol–water partition coefficient (Wildman–Crippen LogP) is 4.78. The van der Waals surface area contributed by atoms with E-state index in [1.807, 2.05) is 60.7 Å². The maximum atomic E-state index is 11.2. The minimum atomic E-state index is -0.880. The van der Waals surface area contributed by atoms with Crippen LogP contribution in [-0.2, 0) is 0 Å². The Hall–Kier alpha value is -2.39. The summed E-state index contributed by atoms with van der Waals surface area (Å²) in [7, 11) is 0. The summed E-state index contributed by atoms with van der Waals surface area (Å²) in [5, 5.41) is 9.23. The molecule has 2 nitrogen and oxygen atoms in total. The highest BCUT2D eigenvalue weighted by Gasteiger charge is 2.16. The minimum Gasteiger partial charge on any atom is -0.477 e. The van der Waals surface area contributed by atoms with Gasteiger partial charge in [0.15, 0.2) is 0 Å². The van der Waals surface area contributed by atoms with Crippen LogP contribution < -0.4 is 0 Å². The molecule has 0 spiro atoms. The van der Waals surface area contributed by atoms with E-state index in [4.69, 9.17) is 0 Å². The first-order chi connectivity index (χ1) is 9.75. The third kappa shape index (κ3) is 2.36. The van der Waals surface area contributed by atoms with E-state index >= 15 is 0 Å². The van der Waals surface area contributed by atoms with Crippen LogP contribution in [0.1, 0.15) is 9.67 Å². The van der Waals surface area contributed by atoms with E-state index in [0.29, 0.717) is 4.88 Å². The maximum absolute atomic E-state index is 11.2. The normalized spacial score (nSPS) is 10.4. The molecule has 1 N–H and O–H groups in total. The molecule has 0 radical (unpaired) electrons. The summed E-state index contributed by atoms with van der Waals surface area (Å²) in [6.07, 6.45) is 0. The second-order valence-electron chi connectivity index (χ2n) is 4.39. The summed E-state index contributed by atoms with van der Waals surface area (Å²) in [6, 6.07) is 21.5. The smallest absolute Gasteiger partial charge is 0.345 e. The van der Waals surface area contributed by atoms with Crippen LogP contribution in [0.3, 0.4) is 0 Å². The molecule has 2 aromatic carbocycles. The molecule has 0 saturated carbocycles. The third-order valence-electron chi connectivity index (χ3n) is 3.06. The molecule has 0 unspecified atom stereocenters. The van der Waals surface area contributed by atoms with Gasteiger partial charge < -0.3 is 5.11 Å². The van der Waals surface area contributed by atoms with Crippen molar-refractivity contribution in [2.24, 2.45) is 0 Å². The fraction of sp³-hybridized carbons (Fsp3) is 0. The Morgan fingerprint density at radius 1 is 0.850 bits per heavy atom. The van der Waals surface area contributed by atoms with Crippen LogP contribution in [0.15, 0.2) is 66.7 Å². The molecule has 0 bridgehead atoms. The topological polar surface area (TPSA) is 37.3 Å². The Kier molecular flexibility index (Phi) is 3.35. The van der Waals surface area contributed by atoms with Crippen LogP contribution in [0.5, 0.6) is 0 Å². The molecule has 1 heterocycles. The Morgan fingerprint density at radius 2 is 1.40 bits per heavy atom. The van der Waals surface area contributed by atoms with E-state index in [2.05, 4.69) is 0 Å². The van der Waals surface area contributed by atoms with Gasteiger partial charge in [-0.2, -0.15) is 0 Å². The molecule has 3 rings (SSSR count). The standard InChI is InChI=1S/C17H12O2S/c18-17(19)15-11-14(12-7-3-1-4-8-12)16(20-15)13-9-5-2-6-10-13/h1-11H,(H,18,19). The number of carbonyl (C=O) groups is 1. The Balaban J connectivity index is 2.20. The van der Waals surface area contributed by atoms with Gasteiger partial charge in [-0.15, -0.1) is 11.3 Å². The summed E-state index contributed by atoms with van der Waals surface area (Å²) in [4.78, 5) is 12.6. The zero-order valence-corrected chi connectivity index (χ0v) is 11.4. The summed E-state index contributed by atoms with van der Waals surface area (Å²) in [6.45, 7) is 0. The van der Waals surface area contributed by atoms with Crippen LogP contribution in [0.2, 0.25) is 0 Å². The largest absolute Gasteiger partial charge is 0.477 e. The van der Waals surface area contributed by atoms with Crippen molar-refractivity contribution in [3.05, 3.63) is 71.6 Å². The number of aromatic carboxylic acids is 1. The Labute approximate surface area is 121 Å². The number of thiophene rings is 1. The molecule has 0 amide bonds. The Bertz CT molecular complexity index is 673. The quantitative estimate of drug-likeness (QED) is 0.749. The minimum absolute atomic E-state index is 0.364. The van der Waals surface area contributed by atoms with Crippen LogP contribution in [0.4, 0.5) is 0 Å². The maximum Gasteiger partial charge on any atom is 0.345 e. The van der Waals surface area contributed by atoms with Gasteiger partial charge in [0.05, 0.1) is 0 Å². The number of hydrogen-bond donors (Lipinski definition) is 1. The monoisotopic (exact) mass is 280 g/mol. The van der Waals surface area contributed by atoms with Crippen LogP contribution in [-0.4, -0.2) is 11.1 Å². The number of hydrogen-bond acceptors (Lipinski definition) is 2. The van der Waals surface area contributed by atoms with Crippen molar-refractivity contribution >= 4 is 17.3 Å². The Morgan fingerprint density at radius 3 is 1.95 bits per heavy atom. The molecule has 1 aromatic heterocycles. The van der Waals surface area contributed by atoms with E-state index < -0.39 is 5.97 Å². The zero-order chi connectivity index (χ0) is 13.9. The molecule has 0 aliphatic heterocycles. The van der Waals surface area contributed by atoms with Gasteiger partial charge in [-0.25, -0.2) is 4.79 Å². The average Bonchev–Trinajstić information content (AvgIpc) is 2.94. The molecule has 20 heavy (non-hydrogen) atoms. The van der Waals surface area contributed by atoms with E-state index in [-0.39, 0.29) is 0 Å². The second-order valence-corrected chi connectivity index (χ2v) is 5.44. The first-order valence-electron chi connectivity index (χ1n) is 6.23. The van der Waals surface area contributed by atoms with Crippen molar-refractivity contribution < 1.29 is 9.90 Å². The molecule has 0 atom stereocenters. The third-order valence-corrected chi connectivity index (χ3v) is 4.24. The number of carboxylic acids is 1. The highest BCUT2D eigenvalue weighted by molar-refractivity contribution is 7.18. The van der Waals surface area contributed by atoms with Gasteiger partial charge in [0, 0.05) is 10.4 Å². The van der Waals surface area contributed by atoms with Gasteiger partial charge in [0.2, 0.25) is 0 Å². The molecule has 0 fully saturated rings. The van der Waals surface area contributed by atoms with E-state index in [1.165, 1.54) is 11.3 Å². The lowest BCUT2D eigenvalue weighted by molar-refractivity contribution is 0.0702. The average molecular weight is 280 g/mol. The van der Waals surface area contributed by atoms with Gasteiger partial charge in [0.1, 0.15) is 4.88 Å². The van der Waals surface area contributed by atoms with Crippen molar-refractivity contribution in [1.82, 2.24) is 0 Å². The number of carboxylic acid groups (broad SMARTS) is 1. The second kappa shape index (κ2) is 5.31. The molecule has 3 heteroatoms. The van der Waals surface area contributed by atoms with Crippen molar-refractivity contribution in [2.45, 2.75) is 0 Å². The van der Waals surface area contributed by atoms with E-state index in [9.17, 15) is 9.90 Å².